The van der Waals surface area contributed by atoms with E-state index in [2.05, 4.69) is 15.9 Å². The first kappa shape index (κ1) is 9.49. The SMILES string of the molecule is CCOCCOC1CC(Br)C1. The van der Waals surface area contributed by atoms with E-state index in [-0.39, 0.29) is 0 Å². The second-order valence-corrected chi connectivity index (χ2v) is 4.05. The molecular formula is C8H15BrO2. The molecule has 1 aliphatic carbocycles. The second-order valence-electron chi connectivity index (χ2n) is 2.76. The van der Waals surface area contributed by atoms with Crippen LogP contribution in [0, 0.1) is 0 Å². The Labute approximate surface area is 76.4 Å². The summed E-state index contributed by atoms with van der Waals surface area (Å²) in [6.45, 7) is 4.27. The molecule has 0 aromatic carbocycles. The Bertz CT molecular complexity index is 102. The van der Waals surface area contributed by atoms with Crippen molar-refractivity contribution < 1.29 is 9.47 Å². The van der Waals surface area contributed by atoms with Crippen LogP contribution in [0.2, 0.25) is 0 Å². The summed E-state index contributed by atoms with van der Waals surface area (Å²) in [5.74, 6) is 0. The Morgan fingerprint density at radius 2 is 2.09 bits per heavy atom. The van der Waals surface area contributed by atoms with Gasteiger partial charge in [0.2, 0.25) is 0 Å². The van der Waals surface area contributed by atoms with Gasteiger partial charge >= 0.3 is 0 Å². The molecule has 66 valence electrons. The molecule has 0 N–H and O–H groups in total. The lowest BCUT2D eigenvalue weighted by Crippen LogP contribution is -2.32. The third-order valence-corrected chi connectivity index (χ3v) is 2.57. The molecule has 0 aromatic rings. The molecule has 0 radical (unpaired) electrons. The Kier molecular flexibility index (Phi) is 4.41. The van der Waals surface area contributed by atoms with Gasteiger partial charge in [0.15, 0.2) is 0 Å². The molecule has 0 unspecified atom stereocenters. The van der Waals surface area contributed by atoms with E-state index in [1.165, 1.54) is 0 Å². The summed E-state index contributed by atoms with van der Waals surface area (Å²) in [7, 11) is 0. The highest BCUT2D eigenvalue weighted by atomic mass is 79.9. The highest BCUT2D eigenvalue weighted by molar-refractivity contribution is 9.09. The van der Waals surface area contributed by atoms with Gasteiger partial charge in [-0.05, 0) is 19.8 Å². The third-order valence-electron chi connectivity index (χ3n) is 1.82. The van der Waals surface area contributed by atoms with Crippen molar-refractivity contribution in [3.8, 4) is 0 Å². The molecule has 1 saturated carbocycles. The lowest BCUT2D eigenvalue weighted by Gasteiger charge is -2.30. The minimum absolute atomic E-state index is 0.486. The first-order chi connectivity index (χ1) is 5.33. The zero-order valence-corrected chi connectivity index (χ0v) is 8.47. The molecule has 0 aromatic heterocycles. The van der Waals surface area contributed by atoms with Gasteiger partial charge in [-0.3, -0.25) is 0 Å². The summed E-state index contributed by atoms with van der Waals surface area (Å²) in [5, 5.41) is 0. The van der Waals surface area contributed by atoms with Gasteiger partial charge in [-0.25, -0.2) is 0 Å². The van der Waals surface area contributed by atoms with Crippen molar-refractivity contribution in [3.63, 3.8) is 0 Å². The van der Waals surface area contributed by atoms with E-state index in [1.807, 2.05) is 6.92 Å². The summed E-state index contributed by atoms with van der Waals surface area (Å²) in [5.41, 5.74) is 0. The number of hydrogen-bond donors (Lipinski definition) is 0. The molecule has 1 fully saturated rings. The zero-order valence-electron chi connectivity index (χ0n) is 6.88. The van der Waals surface area contributed by atoms with Gasteiger partial charge in [0.25, 0.3) is 0 Å². The summed E-state index contributed by atoms with van der Waals surface area (Å²) in [6.07, 6.45) is 2.80. The lowest BCUT2D eigenvalue weighted by molar-refractivity contribution is -0.0234. The predicted molar refractivity (Wildman–Crippen MR) is 48.2 cm³/mol. The summed E-state index contributed by atoms with van der Waals surface area (Å²) >= 11 is 3.51. The van der Waals surface area contributed by atoms with Crippen LogP contribution in [0.25, 0.3) is 0 Å². The van der Waals surface area contributed by atoms with Crippen molar-refractivity contribution in [1.82, 2.24) is 0 Å². The molecule has 0 heterocycles. The molecular weight excluding hydrogens is 208 g/mol. The Balaban J connectivity index is 1.81. The van der Waals surface area contributed by atoms with E-state index >= 15 is 0 Å². The van der Waals surface area contributed by atoms with Gasteiger partial charge in [0.1, 0.15) is 0 Å². The third kappa shape index (κ3) is 3.54. The van der Waals surface area contributed by atoms with Crippen molar-refractivity contribution in [2.24, 2.45) is 0 Å². The number of alkyl halides is 1. The largest absolute Gasteiger partial charge is 0.379 e. The fourth-order valence-corrected chi connectivity index (χ4v) is 1.89. The molecule has 11 heavy (non-hydrogen) atoms. The lowest BCUT2D eigenvalue weighted by atomic mass is 9.96. The quantitative estimate of drug-likeness (QED) is 0.524. The molecule has 2 nitrogen and oxygen atoms in total. The van der Waals surface area contributed by atoms with Gasteiger partial charge in [0, 0.05) is 11.4 Å². The molecule has 0 saturated heterocycles. The fourth-order valence-electron chi connectivity index (χ4n) is 1.06. The number of rotatable bonds is 5. The average Bonchev–Trinajstić information content (AvgIpc) is 1.94. The molecule has 0 bridgehead atoms. The average molecular weight is 223 g/mol. The van der Waals surface area contributed by atoms with Crippen molar-refractivity contribution in [3.05, 3.63) is 0 Å². The van der Waals surface area contributed by atoms with Crippen LogP contribution in [0.15, 0.2) is 0 Å². The highest BCUT2D eigenvalue weighted by Crippen LogP contribution is 2.29. The molecule has 1 aliphatic rings. The van der Waals surface area contributed by atoms with Gasteiger partial charge in [-0.2, -0.15) is 0 Å². The van der Waals surface area contributed by atoms with Crippen LogP contribution in [-0.4, -0.2) is 30.8 Å². The molecule has 0 spiro atoms. The van der Waals surface area contributed by atoms with Crippen LogP contribution in [0.5, 0.6) is 0 Å². The van der Waals surface area contributed by atoms with Gasteiger partial charge in [0.05, 0.1) is 19.3 Å². The number of ether oxygens (including phenoxy) is 2. The fraction of sp³-hybridized carbons (Fsp3) is 1.00. The van der Waals surface area contributed by atoms with Crippen LogP contribution in [0.3, 0.4) is 0 Å². The first-order valence-corrected chi connectivity index (χ1v) is 5.08. The topological polar surface area (TPSA) is 18.5 Å². The Morgan fingerprint density at radius 1 is 1.36 bits per heavy atom. The molecule has 0 atom stereocenters. The highest BCUT2D eigenvalue weighted by Gasteiger charge is 2.26. The van der Waals surface area contributed by atoms with E-state index in [9.17, 15) is 0 Å². The van der Waals surface area contributed by atoms with Crippen molar-refractivity contribution in [1.29, 1.82) is 0 Å². The first-order valence-electron chi connectivity index (χ1n) is 4.16. The van der Waals surface area contributed by atoms with Crippen LogP contribution in [0.1, 0.15) is 19.8 Å². The number of halogens is 1. The zero-order chi connectivity index (χ0) is 8.10. The van der Waals surface area contributed by atoms with Crippen LogP contribution >= 0.6 is 15.9 Å². The monoisotopic (exact) mass is 222 g/mol. The van der Waals surface area contributed by atoms with E-state index in [1.54, 1.807) is 0 Å². The maximum Gasteiger partial charge on any atom is 0.0704 e. The van der Waals surface area contributed by atoms with Crippen molar-refractivity contribution >= 4 is 15.9 Å². The minimum Gasteiger partial charge on any atom is -0.379 e. The summed E-state index contributed by atoms with van der Waals surface area (Å²) in [4.78, 5) is 0.694. The summed E-state index contributed by atoms with van der Waals surface area (Å²) in [6, 6.07) is 0. The van der Waals surface area contributed by atoms with Crippen molar-refractivity contribution in [2.75, 3.05) is 19.8 Å². The van der Waals surface area contributed by atoms with Gasteiger partial charge in [-0.1, -0.05) is 15.9 Å². The summed E-state index contributed by atoms with van der Waals surface area (Å²) < 4.78 is 10.6. The van der Waals surface area contributed by atoms with E-state index < -0.39 is 0 Å². The number of hydrogen-bond acceptors (Lipinski definition) is 2. The molecule has 0 aliphatic heterocycles. The normalized spacial score (nSPS) is 30.0. The van der Waals surface area contributed by atoms with Crippen molar-refractivity contribution in [2.45, 2.75) is 30.7 Å². The standard InChI is InChI=1S/C8H15BrO2/c1-2-10-3-4-11-8-5-7(9)6-8/h7-8H,2-6H2,1H3. The Hall–Kier alpha value is 0.400. The van der Waals surface area contributed by atoms with Gasteiger partial charge < -0.3 is 9.47 Å². The molecule has 0 amide bonds. The second kappa shape index (κ2) is 5.12. The van der Waals surface area contributed by atoms with E-state index in [0.717, 1.165) is 32.7 Å². The van der Waals surface area contributed by atoms with Crippen LogP contribution in [-0.2, 0) is 9.47 Å². The van der Waals surface area contributed by atoms with E-state index in [0.29, 0.717) is 10.9 Å². The van der Waals surface area contributed by atoms with Gasteiger partial charge in [-0.15, -0.1) is 0 Å². The van der Waals surface area contributed by atoms with Crippen LogP contribution in [0.4, 0.5) is 0 Å². The minimum atomic E-state index is 0.486. The maximum atomic E-state index is 5.50. The maximum absolute atomic E-state index is 5.50. The smallest absolute Gasteiger partial charge is 0.0704 e. The molecule has 1 rings (SSSR count). The Morgan fingerprint density at radius 3 is 2.64 bits per heavy atom. The van der Waals surface area contributed by atoms with E-state index in [4.69, 9.17) is 9.47 Å². The van der Waals surface area contributed by atoms with Crippen LogP contribution < -0.4 is 0 Å². The predicted octanol–water partition coefficient (Wildman–Crippen LogP) is 1.97. The molecule has 3 heteroatoms.